The molecule has 6 nitrogen and oxygen atoms in total. The SMILES string of the molecule is CCOc1ccc(N([C@@H](C)C(=O)Nc2ccccc2)S(C)(=O)=O)cc1. The number of carbonyl (C=O) groups is 1. The molecule has 1 amide bonds. The molecule has 1 N–H and O–H groups in total. The van der Waals surface area contributed by atoms with E-state index in [1.807, 2.05) is 13.0 Å². The standard InChI is InChI=1S/C18H22N2O4S/c1-4-24-17-12-10-16(11-13-17)20(25(3,22)23)14(2)18(21)19-15-8-6-5-7-9-15/h5-14H,4H2,1-3H3,(H,19,21)/t14-/m0/s1. The Kier molecular flexibility index (Phi) is 6.03. The lowest BCUT2D eigenvalue weighted by Crippen LogP contribution is -2.45. The number of ether oxygens (including phenoxy) is 1. The molecule has 7 heteroatoms. The summed E-state index contributed by atoms with van der Waals surface area (Å²) >= 11 is 0. The summed E-state index contributed by atoms with van der Waals surface area (Å²) in [5.41, 5.74) is 1.01. The van der Waals surface area contributed by atoms with Crippen LogP contribution in [-0.2, 0) is 14.8 Å². The van der Waals surface area contributed by atoms with E-state index in [2.05, 4.69) is 5.32 Å². The van der Waals surface area contributed by atoms with Crippen LogP contribution in [0.25, 0.3) is 0 Å². The maximum Gasteiger partial charge on any atom is 0.247 e. The second-order valence-corrected chi connectivity index (χ2v) is 7.38. The molecule has 0 radical (unpaired) electrons. The number of nitrogens with zero attached hydrogens (tertiary/aromatic N) is 1. The maximum atomic E-state index is 12.5. The molecule has 0 aliphatic rings. The number of carbonyl (C=O) groups excluding carboxylic acids is 1. The Bertz CT molecular complexity index is 805. The van der Waals surface area contributed by atoms with Gasteiger partial charge in [-0.2, -0.15) is 0 Å². The van der Waals surface area contributed by atoms with E-state index in [0.717, 1.165) is 10.6 Å². The Labute approximate surface area is 148 Å². The van der Waals surface area contributed by atoms with Gasteiger partial charge in [0, 0.05) is 5.69 Å². The highest BCUT2D eigenvalue weighted by Crippen LogP contribution is 2.24. The van der Waals surface area contributed by atoms with Crippen molar-refractivity contribution < 1.29 is 17.9 Å². The van der Waals surface area contributed by atoms with Crippen LogP contribution in [0.4, 0.5) is 11.4 Å². The molecule has 0 aromatic heterocycles. The topological polar surface area (TPSA) is 75.7 Å². The number of sulfonamides is 1. The number of rotatable bonds is 7. The van der Waals surface area contributed by atoms with Crippen molar-refractivity contribution in [1.29, 1.82) is 0 Å². The normalized spacial score (nSPS) is 12.3. The minimum absolute atomic E-state index is 0.404. The van der Waals surface area contributed by atoms with Crippen LogP contribution >= 0.6 is 0 Å². The quantitative estimate of drug-likeness (QED) is 0.822. The van der Waals surface area contributed by atoms with E-state index in [4.69, 9.17) is 4.74 Å². The van der Waals surface area contributed by atoms with Crippen LogP contribution in [0.15, 0.2) is 54.6 Å². The zero-order valence-electron chi connectivity index (χ0n) is 14.5. The van der Waals surface area contributed by atoms with Crippen molar-refractivity contribution in [2.24, 2.45) is 0 Å². The molecule has 0 fully saturated rings. The number of amides is 1. The van der Waals surface area contributed by atoms with Gasteiger partial charge in [-0.15, -0.1) is 0 Å². The van der Waals surface area contributed by atoms with Crippen LogP contribution in [0.2, 0.25) is 0 Å². The third-order valence-corrected chi connectivity index (χ3v) is 4.77. The Morgan fingerprint density at radius 3 is 2.24 bits per heavy atom. The number of hydrogen-bond donors (Lipinski definition) is 1. The molecule has 0 saturated heterocycles. The lowest BCUT2D eigenvalue weighted by Gasteiger charge is -2.28. The molecule has 0 aliphatic carbocycles. The van der Waals surface area contributed by atoms with Gasteiger partial charge < -0.3 is 10.1 Å². The van der Waals surface area contributed by atoms with Crippen molar-refractivity contribution in [3.8, 4) is 5.75 Å². The van der Waals surface area contributed by atoms with Gasteiger partial charge in [0.2, 0.25) is 15.9 Å². The first-order chi connectivity index (χ1) is 11.8. The number of anilines is 2. The molecule has 0 saturated carbocycles. The monoisotopic (exact) mass is 362 g/mol. The summed E-state index contributed by atoms with van der Waals surface area (Å²) < 4.78 is 31.0. The molecule has 25 heavy (non-hydrogen) atoms. The van der Waals surface area contributed by atoms with E-state index >= 15 is 0 Å². The first kappa shape index (κ1) is 18.8. The van der Waals surface area contributed by atoms with E-state index in [1.54, 1.807) is 55.5 Å². The van der Waals surface area contributed by atoms with Gasteiger partial charge in [-0.1, -0.05) is 18.2 Å². The summed E-state index contributed by atoms with van der Waals surface area (Å²) in [6.07, 6.45) is 1.08. The Balaban J connectivity index is 2.26. The van der Waals surface area contributed by atoms with Crippen LogP contribution in [0.1, 0.15) is 13.8 Å². The molecule has 134 valence electrons. The van der Waals surface area contributed by atoms with Gasteiger partial charge in [-0.05, 0) is 50.2 Å². The molecule has 0 heterocycles. The molecule has 0 bridgehead atoms. The van der Waals surface area contributed by atoms with Gasteiger partial charge in [-0.25, -0.2) is 8.42 Å². The van der Waals surface area contributed by atoms with E-state index in [-0.39, 0.29) is 0 Å². The number of hydrogen-bond acceptors (Lipinski definition) is 4. The van der Waals surface area contributed by atoms with Crippen molar-refractivity contribution in [1.82, 2.24) is 0 Å². The van der Waals surface area contributed by atoms with Crippen LogP contribution in [0.3, 0.4) is 0 Å². The third kappa shape index (κ3) is 4.96. The molecule has 0 aliphatic heterocycles. The van der Waals surface area contributed by atoms with Gasteiger partial charge in [-0.3, -0.25) is 9.10 Å². The van der Waals surface area contributed by atoms with Crippen molar-refractivity contribution in [2.75, 3.05) is 22.5 Å². The Morgan fingerprint density at radius 1 is 1.12 bits per heavy atom. The van der Waals surface area contributed by atoms with Crippen molar-refractivity contribution in [3.05, 3.63) is 54.6 Å². The molecule has 2 rings (SSSR count). The predicted octanol–water partition coefficient (Wildman–Crippen LogP) is 2.88. The molecule has 1 atom stereocenters. The summed E-state index contributed by atoms with van der Waals surface area (Å²) in [5, 5.41) is 2.73. The summed E-state index contributed by atoms with van der Waals surface area (Å²) in [4.78, 5) is 12.5. The van der Waals surface area contributed by atoms with Crippen LogP contribution in [0.5, 0.6) is 5.75 Å². The van der Waals surface area contributed by atoms with Crippen molar-refractivity contribution >= 4 is 27.3 Å². The van der Waals surface area contributed by atoms with E-state index in [9.17, 15) is 13.2 Å². The van der Waals surface area contributed by atoms with Gasteiger partial charge in [0.05, 0.1) is 18.6 Å². The molecule has 2 aromatic carbocycles. The van der Waals surface area contributed by atoms with Crippen molar-refractivity contribution in [2.45, 2.75) is 19.9 Å². The largest absolute Gasteiger partial charge is 0.494 e. The number of nitrogens with one attached hydrogen (secondary N) is 1. The first-order valence-corrected chi connectivity index (χ1v) is 9.76. The van der Waals surface area contributed by atoms with Crippen LogP contribution in [-0.4, -0.2) is 33.2 Å². The average molecular weight is 362 g/mol. The fourth-order valence-corrected chi connectivity index (χ4v) is 3.61. The van der Waals surface area contributed by atoms with Gasteiger partial charge >= 0.3 is 0 Å². The first-order valence-electron chi connectivity index (χ1n) is 7.91. The molecule has 2 aromatic rings. The molecule has 0 unspecified atom stereocenters. The minimum Gasteiger partial charge on any atom is -0.494 e. The highest BCUT2D eigenvalue weighted by atomic mass is 32.2. The van der Waals surface area contributed by atoms with E-state index < -0.39 is 22.0 Å². The zero-order valence-corrected chi connectivity index (χ0v) is 15.3. The molecular formula is C18H22N2O4S. The lowest BCUT2D eigenvalue weighted by atomic mass is 10.2. The fourth-order valence-electron chi connectivity index (χ4n) is 2.43. The zero-order chi connectivity index (χ0) is 18.4. The smallest absolute Gasteiger partial charge is 0.247 e. The number of benzene rings is 2. The van der Waals surface area contributed by atoms with E-state index in [1.165, 1.54) is 0 Å². The predicted molar refractivity (Wildman–Crippen MR) is 99.5 cm³/mol. The summed E-state index contributed by atoms with van der Waals surface area (Å²) in [6, 6.07) is 14.6. The molecule has 0 spiro atoms. The van der Waals surface area contributed by atoms with Crippen LogP contribution in [0, 0.1) is 0 Å². The average Bonchev–Trinajstić information content (AvgIpc) is 2.56. The highest BCUT2D eigenvalue weighted by Gasteiger charge is 2.29. The summed E-state index contributed by atoms with van der Waals surface area (Å²) in [6.45, 7) is 3.94. The Morgan fingerprint density at radius 2 is 1.72 bits per heavy atom. The number of para-hydroxylation sites is 1. The fraction of sp³-hybridized carbons (Fsp3) is 0.278. The summed E-state index contributed by atoms with van der Waals surface area (Å²) in [7, 11) is -3.65. The summed E-state index contributed by atoms with van der Waals surface area (Å²) in [5.74, 6) is 0.228. The maximum absolute atomic E-state index is 12.5. The lowest BCUT2D eigenvalue weighted by molar-refractivity contribution is -0.116. The van der Waals surface area contributed by atoms with Gasteiger partial charge in [0.1, 0.15) is 11.8 Å². The van der Waals surface area contributed by atoms with Crippen molar-refractivity contribution in [3.63, 3.8) is 0 Å². The second-order valence-electron chi connectivity index (χ2n) is 5.52. The Hall–Kier alpha value is -2.54. The second kappa shape index (κ2) is 8.02. The highest BCUT2D eigenvalue weighted by molar-refractivity contribution is 7.92. The van der Waals surface area contributed by atoms with Gasteiger partial charge in [0.15, 0.2) is 0 Å². The molecular weight excluding hydrogens is 340 g/mol. The van der Waals surface area contributed by atoms with Gasteiger partial charge in [0.25, 0.3) is 0 Å². The third-order valence-electron chi connectivity index (χ3n) is 3.53. The van der Waals surface area contributed by atoms with E-state index in [0.29, 0.717) is 23.7 Å². The van der Waals surface area contributed by atoms with Crippen LogP contribution < -0.4 is 14.4 Å². The minimum atomic E-state index is -3.65.